The van der Waals surface area contributed by atoms with Crippen molar-refractivity contribution >= 4 is 11.9 Å². The molecule has 1 aromatic heterocycles. The maximum Gasteiger partial charge on any atom is 0.307 e. The molecule has 5 nitrogen and oxygen atoms in total. The minimum absolute atomic E-state index is 0.0859. The van der Waals surface area contributed by atoms with Crippen molar-refractivity contribution in [3.8, 4) is 0 Å². The molecule has 1 aromatic carbocycles. The first kappa shape index (κ1) is 17.5. The van der Waals surface area contributed by atoms with E-state index in [0.717, 1.165) is 37.6 Å². The number of ether oxygens (including phenoxy) is 1. The smallest absolute Gasteiger partial charge is 0.307 e. The summed E-state index contributed by atoms with van der Waals surface area (Å²) in [5.41, 5.74) is -0.203. The maximum atomic E-state index is 14.0. The van der Waals surface area contributed by atoms with Crippen LogP contribution in [0.2, 0.25) is 0 Å². The van der Waals surface area contributed by atoms with E-state index in [2.05, 4.69) is 15.0 Å². The van der Waals surface area contributed by atoms with Gasteiger partial charge in [0.25, 0.3) is 5.91 Å². The van der Waals surface area contributed by atoms with E-state index in [4.69, 9.17) is 0 Å². The third-order valence-corrected chi connectivity index (χ3v) is 3.20. The molecule has 2 rings (SSSR count). The molecule has 1 N–H and O–H groups in total. The zero-order valence-electron chi connectivity index (χ0n) is 12.6. The second-order valence-electron chi connectivity index (χ2n) is 4.83. The largest absolute Gasteiger partial charge is 0.469 e. The summed E-state index contributed by atoms with van der Waals surface area (Å²) in [6, 6.07) is 3.84. The quantitative estimate of drug-likeness (QED) is 0.851. The number of hydrogen-bond donors (Lipinski definition) is 1. The third-order valence-electron chi connectivity index (χ3n) is 3.20. The number of carbonyl (C=O) groups is 2. The van der Waals surface area contributed by atoms with Crippen LogP contribution in [0.15, 0.2) is 36.5 Å². The Morgan fingerprint density at radius 3 is 2.46 bits per heavy atom. The normalized spacial score (nSPS) is 11.7. The summed E-state index contributed by atoms with van der Waals surface area (Å²) in [5.74, 6) is -3.78. The van der Waals surface area contributed by atoms with Gasteiger partial charge in [-0.3, -0.25) is 9.59 Å². The van der Waals surface area contributed by atoms with Gasteiger partial charge >= 0.3 is 5.97 Å². The summed E-state index contributed by atoms with van der Waals surface area (Å²) in [5, 5.41) is 2.41. The number of aromatic nitrogens is 1. The van der Waals surface area contributed by atoms with Crippen LogP contribution in [0.5, 0.6) is 0 Å². The van der Waals surface area contributed by atoms with Crippen molar-refractivity contribution in [3.63, 3.8) is 0 Å². The van der Waals surface area contributed by atoms with Crippen LogP contribution in [0.4, 0.5) is 13.2 Å². The van der Waals surface area contributed by atoms with Gasteiger partial charge in [-0.05, 0) is 18.2 Å². The highest BCUT2D eigenvalue weighted by Crippen LogP contribution is 2.22. The third kappa shape index (κ3) is 4.31. The number of pyridine rings is 1. The van der Waals surface area contributed by atoms with Crippen LogP contribution in [0.3, 0.4) is 0 Å². The van der Waals surface area contributed by atoms with Crippen LogP contribution < -0.4 is 5.32 Å². The molecule has 126 valence electrons. The van der Waals surface area contributed by atoms with E-state index in [1.54, 1.807) is 0 Å². The molecule has 0 saturated carbocycles. The van der Waals surface area contributed by atoms with Crippen molar-refractivity contribution < 1.29 is 27.5 Å². The fourth-order valence-electron chi connectivity index (χ4n) is 2.02. The first-order chi connectivity index (χ1) is 11.4. The summed E-state index contributed by atoms with van der Waals surface area (Å²) in [6.45, 7) is 0. The molecular formula is C16H13F3N2O3. The number of halogens is 3. The zero-order valence-corrected chi connectivity index (χ0v) is 12.6. The summed E-state index contributed by atoms with van der Waals surface area (Å²) in [4.78, 5) is 27.2. The molecule has 8 heteroatoms. The summed E-state index contributed by atoms with van der Waals surface area (Å²) >= 11 is 0. The van der Waals surface area contributed by atoms with Crippen molar-refractivity contribution in [2.24, 2.45) is 0 Å². The number of methoxy groups -OCH3 is 1. The van der Waals surface area contributed by atoms with E-state index in [1.165, 1.54) is 0 Å². The van der Waals surface area contributed by atoms with Gasteiger partial charge in [-0.1, -0.05) is 6.07 Å². The number of carbonyl (C=O) groups excluding carboxylic acids is 2. The average molecular weight is 338 g/mol. The van der Waals surface area contributed by atoms with Crippen LogP contribution in [0, 0.1) is 17.5 Å². The molecule has 1 heterocycles. The van der Waals surface area contributed by atoms with Crippen molar-refractivity contribution in [1.29, 1.82) is 0 Å². The lowest BCUT2D eigenvalue weighted by molar-refractivity contribution is -0.141. The molecular weight excluding hydrogens is 325 g/mol. The van der Waals surface area contributed by atoms with Gasteiger partial charge < -0.3 is 10.1 Å². The second-order valence-corrected chi connectivity index (χ2v) is 4.83. The Bertz CT molecular complexity index is 751. The van der Waals surface area contributed by atoms with Gasteiger partial charge in [-0.25, -0.2) is 18.2 Å². The van der Waals surface area contributed by atoms with E-state index in [0.29, 0.717) is 6.07 Å². The lowest BCUT2D eigenvalue weighted by atomic mass is 10.0. The lowest BCUT2D eigenvalue weighted by Crippen LogP contribution is -2.31. The van der Waals surface area contributed by atoms with Gasteiger partial charge in [0.1, 0.15) is 23.1 Å². The Hall–Kier alpha value is -2.90. The molecule has 0 spiro atoms. The Morgan fingerprint density at radius 2 is 1.88 bits per heavy atom. The highest BCUT2D eigenvalue weighted by atomic mass is 19.1. The van der Waals surface area contributed by atoms with Crippen molar-refractivity contribution in [2.45, 2.75) is 12.5 Å². The SMILES string of the molecule is COC(=O)C[C@@H](NC(=O)c1ccc(F)cn1)c1ccc(F)cc1F. The van der Waals surface area contributed by atoms with E-state index in [-0.39, 0.29) is 17.7 Å². The van der Waals surface area contributed by atoms with Gasteiger partial charge in [0.15, 0.2) is 0 Å². The average Bonchev–Trinajstić information content (AvgIpc) is 2.54. The van der Waals surface area contributed by atoms with Crippen molar-refractivity contribution in [2.75, 3.05) is 7.11 Å². The van der Waals surface area contributed by atoms with Crippen molar-refractivity contribution in [3.05, 3.63) is 65.2 Å². The summed E-state index contributed by atoms with van der Waals surface area (Å²) in [7, 11) is 1.14. The standard InChI is InChI=1S/C16H13F3N2O3/c1-24-15(22)7-14(11-4-2-9(17)6-12(11)19)21-16(23)13-5-3-10(18)8-20-13/h2-6,8,14H,7H2,1H3,(H,21,23)/t14-/m1/s1. The first-order valence-corrected chi connectivity index (χ1v) is 6.85. The Balaban J connectivity index is 2.27. The number of esters is 1. The molecule has 0 aliphatic carbocycles. The summed E-state index contributed by atoms with van der Waals surface area (Å²) in [6.07, 6.45) is 0.481. The van der Waals surface area contributed by atoms with Crippen LogP contribution in [-0.4, -0.2) is 24.0 Å². The van der Waals surface area contributed by atoms with Gasteiger partial charge in [0.05, 0.1) is 25.8 Å². The molecule has 0 unspecified atom stereocenters. The second kappa shape index (κ2) is 7.58. The molecule has 0 radical (unpaired) electrons. The summed E-state index contributed by atoms with van der Waals surface area (Å²) < 4.78 is 44.4. The number of nitrogens with zero attached hydrogens (tertiary/aromatic N) is 1. The number of benzene rings is 1. The van der Waals surface area contributed by atoms with Crippen LogP contribution in [0.1, 0.15) is 28.5 Å². The van der Waals surface area contributed by atoms with Crippen LogP contribution >= 0.6 is 0 Å². The fourth-order valence-corrected chi connectivity index (χ4v) is 2.02. The predicted molar refractivity (Wildman–Crippen MR) is 77.4 cm³/mol. The first-order valence-electron chi connectivity index (χ1n) is 6.85. The zero-order chi connectivity index (χ0) is 17.7. The van der Waals surface area contributed by atoms with E-state index in [1.807, 2.05) is 0 Å². The van der Waals surface area contributed by atoms with E-state index < -0.39 is 35.4 Å². The monoisotopic (exact) mass is 338 g/mol. The minimum Gasteiger partial charge on any atom is -0.469 e. The molecule has 1 amide bonds. The lowest BCUT2D eigenvalue weighted by Gasteiger charge is -2.18. The Kier molecular flexibility index (Phi) is 5.51. The molecule has 0 bridgehead atoms. The van der Waals surface area contributed by atoms with E-state index >= 15 is 0 Å². The van der Waals surface area contributed by atoms with Gasteiger partial charge in [-0.2, -0.15) is 0 Å². The molecule has 0 saturated heterocycles. The van der Waals surface area contributed by atoms with Crippen LogP contribution in [-0.2, 0) is 9.53 Å². The number of nitrogens with one attached hydrogen (secondary N) is 1. The topological polar surface area (TPSA) is 68.3 Å². The van der Waals surface area contributed by atoms with Crippen molar-refractivity contribution in [1.82, 2.24) is 10.3 Å². The molecule has 1 atom stereocenters. The van der Waals surface area contributed by atoms with Gasteiger partial charge in [0, 0.05) is 11.6 Å². The molecule has 0 fully saturated rings. The Morgan fingerprint density at radius 1 is 1.17 bits per heavy atom. The Labute approximate surface area is 135 Å². The molecule has 0 aliphatic heterocycles. The highest BCUT2D eigenvalue weighted by Gasteiger charge is 2.23. The minimum atomic E-state index is -1.10. The molecule has 2 aromatic rings. The number of hydrogen-bond acceptors (Lipinski definition) is 4. The van der Waals surface area contributed by atoms with Gasteiger partial charge in [0.2, 0.25) is 0 Å². The van der Waals surface area contributed by atoms with Gasteiger partial charge in [-0.15, -0.1) is 0 Å². The molecule has 0 aliphatic rings. The van der Waals surface area contributed by atoms with Crippen LogP contribution in [0.25, 0.3) is 0 Å². The number of amides is 1. The maximum absolute atomic E-state index is 14.0. The van der Waals surface area contributed by atoms with E-state index in [9.17, 15) is 22.8 Å². The molecule has 24 heavy (non-hydrogen) atoms. The number of rotatable bonds is 5. The predicted octanol–water partition coefficient (Wildman–Crippen LogP) is 2.53. The highest BCUT2D eigenvalue weighted by molar-refractivity contribution is 5.92. The fraction of sp³-hybridized carbons (Fsp3) is 0.188.